The Balaban J connectivity index is 1.83. The molecule has 0 spiro atoms. The van der Waals surface area contributed by atoms with E-state index in [1.165, 1.54) is 25.0 Å². The zero-order chi connectivity index (χ0) is 21.0. The van der Waals surface area contributed by atoms with Gasteiger partial charge < -0.3 is 5.32 Å². The van der Waals surface area contributed by atoms with Gasteiger partial charge in [0, 0.05) is 11.6 Å². The molecule has 0 saturated heterocycles. The SMILES string of the molecule is Cc1ccc(C)c(NS(=O)(=O)c2cc(C(=O)NC3CCCCCC3)ccc2Cl)c1. The molecule has 1 amide bonds. The molecule has 156 valence electrons. The van der Waals surface area contributed by atoms with Gasteiger partial charge in [-0.05, 0) is 62.1 Å². The maximum Gasteiger partial charge on any atom is 0.263 e. The van der Waals surface area contributed by atoms with E-state index in [0.29, 0.717) is 11.3 Å². The van der Waals surface area contributed by atoms with E-state index in [9.17, 15) is 13.2 Å². The predicted octanol–water partition coefficient (Wildman–Crippen LogP) is 5.21. The van der Waals surface area contributed by atoms with Crippen LogP contribution in [0.25, 0.3) is 0 Å². The van der Waals surface area contributed by atoms with Crippen molar-refractivity contribution in [3.63, 3.8) is 0 Å². The number of sulfonamides is 1. The monoisotopic (exact) mass is 434 g/mol. The molecule has 0 aromatic heterocycles. The number of carbonyl (C=O) groups is 1. The van der Waals surface area contributed by atoms with Crippen LogP contribution in [0.2, 0.25) is 5.02 Å². The molecule has 3 rings (SSSR count). The minimum absolute atomic E-state index is 0.0776. The number of anilines is 1. The molecule has 0 heterocycles. The van der Waals surface area contributed by atoms with E-state index in [1.54, 1.807) is 12.1 Å². The summed E-state index contributed by atoms with van der Waals surface area (Å²) in [5.41, 5.74) is 2.53. The lowest BCUT2D eigenvalue weighted by molar-refractivity contribution is 0.0933. The Morgan fingerprint density at radius 3 is 2.38 bits per heavy atom. The summed E-state index contributed by atoms with van der Waals surface area (Å²) in [5.74, 6) is -0.267. The molecule has 0 radical (unpaired) electrons. The fourth-order valence-electron chi connectivity index (χ4n) is 3.59. The molecule has 2 aromatic rings. The Morgan fingerprint density at radius 1 is 1.00 bits per heavy atom. The molecule has 0 bridgehead atoms. The molecule has 29 heavy (non-hydrogen) atoms. The molecule has 1 aliphatic carbocycles. The molecule has 1 saturated carbocycles. The average Bonchev–Trinajstić information content (AvgIpc) is 2.93. The van der Waals surface area contributed by atoms with Crippen molar-refractivity contribution in [2.75, 3.05) is 4.72 Å². The number of hydrogen-bond donors (Lipinski definition) is 2. The van der Waals surface area contributed by atoms with Gasteiger partial charge in [0.05, 0.1) is 10.7 Å². The lowest BCUT2D eigenvalue weighted by atomic mass is 10.1. The van der Waals surface area contributed by atoms with Gasteiger partial charge in [0.15, 0.2) is 0 Å². The summed E-state index contributed by atoms with van der Waals surface area (Å²) in [4.78, 5) is 12.6. The zero-order valence-electron chi connectivity index (χ0n) is 16.8. The third kappa shape index (κ3) is 5.52. The van der Waals surface area contributed by atoms with Crippen molar-refractivity contribution >= 4 is 33.2 Å². The number of nitrogens with one attached hydrogen (secondary N) is 2. The van der Waals surface area contributed by atoms with Gasteiger partial charge in [-0.3, -0.25) is 9.52 Å². The van der Waals surface area contributed by atoms with E-state index in [2.05, 4.69) is 10.0 Å². The van der Waals surface area contributed by atoms with Crippen LogP contribution in [0.15, 0.2) is 41.3 Å². The Hall–Kier alpha value is -2.05. The summed E-state index contributed by atoms with van der Waals surface area (Å²) >= 11 is 6.19. The van der Waals surface area contributed by atoms with Crippen LogP contribution in [0.1, 0.15) is 60.0 Å². The van der Waals surface area contributed by atoms with Crippen molar-refractivity contribution in [1.82, 2.24) is 5.32 Å². The minimum atomic E-state index is -3.94. The maximum atomic E-state index is 13.0. The van der Waals surface area contributed by atoms with Gasteiger partial charge in [-0.1, -0.05) is 49.4 Å². The third-order valence-corrected chi connectivity index (χ3v) is 7.16. The fourth-order valence-corrected chi connectivity index (χ4v) is 5.24. The molecule has 0 aliphatic heterocycles. The van der Waals surface area contributed by atoms with E-state index in [0.717, 1.165) is 36.8 Å². The van der Waals surface area contributed by atoms with E-state index < -0.39 is 10.0 Å². The van der Waals surface area contributed by atoms with Gasteiger partial charge in [0.1, 0.15) is 4.90 Å². The third-order valence-electron chi connectivity index (χ3n) is 5.31. The topological polar surface area (TPSA) is 75.3 Å². The van der Waals surface area contributed by atoms with Gasteiger partial charge in [-0.25, -0.2) is 8.42 Å². The van der Waals surface area contributed by atoms with E-state index >= 15 is 0 Å². The van der Waals surface area contributed by atoms with E-state index in [1.807, 2.05) is 26.0 Å². The van der Waals surface area contributed by atoms with Gasteiger partial charge in [-0.15, -0.1) is 0 Å². The summed E-state index contributed by atoms with van der Waals surface area (Å²) in [6, 6.07) is 10.0. The summed E-state index contributed by atoms with van der Waals surface area (Å²) in [6.07, 6.45) is 6.51. The molecule has 5 nitrogen and oxygen atoms in total. The number of aryl methyl sites for hydroxylation is 2. The summed E-state index contributed by atoms with van der Waals surface area (Å²) < 4.78 is 28.5. The Bertz CT molecular complexity index is 997. The van der Waals surface area contributed by atoms with Crippen LogP contribution in [0, 0.1) is 13.8 Å². The highest BCUT2D eigenvalue weighted by molar-refractivity contribution is 7.92. The second kappa shape index (κ2) is 9.18. The summed E-state index contributed by atoms with van der Waals surface area (Å²) in [7, 11) is -3.94. The highest BCUT2D eigenvalue weighted by Gasteiger charge is 2.22. The Kier molecular flexibility index (Phi) is 6.85. The highest BCUT2D eigenvalue weighted by Crippen LogP contribution is 2.27. The molecule has 1 fully saturated rings. The fraction of sp³-hybridized carbons (Fsp3) is 0.409. The quantitative estimate of drug-likeness (QED) is 0.634. The molecule has 1 aliphatic rings. The van der Waals surface area contributed by atoms with Crippen molar-refractivity contribution in [3.05, 3.63) is 58.1 Å². The molecular formula is C22H27ClN2O3S. The summed E-state index contributed by atoms with van der Waals surface area (Å²) in [5, 5.41) is 3.12. The standard InChI is InChI=1S/C22H27ClN2O3S/c1-15-9-10-16(2)20(13-15)25-29(27,28)21-14-17(11-12-19(21)23)22(26)24-18-7-5-3-4-6-8-18/h9-14,18,25H,3-8H2,1-2H3,(H,24,26). The van der Waals surface area contributed by atoms with Gasteiger partial charge >= 0.3 is 0 Å². The lowest BCUT2D eigenvalue weighted by Gasteiger charge is -2.17. The van der Waals surface area contributed by atoms with E-state index in [-0.39, 0.29) is 21.9 Å². The van der Waals surface area contributed by atoms with Gasteiger partial charge in [0.25, 0.3) is 15.9 Å². The normalized spacial score (nSPS) is 15.6. The van der Waals surface area contributed by atoms with Gasteiger partial charge in [0.2, 0.25) is 0 Å². The summed E-state index contributed by atoms with van der Waals surface area (Å²) in [6.45, 7) is 3.72. The first kappa shape index (κ1) is 21.7. The number of halogens is 1. The first-order valence-electron chi connectivity index (χ1n) is 9.97. The highest BCUT2D eigenvalue weighted by atomic mass is 35.5. The second-order valence-electron chi connectivity index (χ2n) is 7.73. The maximum absolute atomic E-state index is 13.0. The predicted molar refractivity (Wildman–Crippen MR) is 117 cm³/mol. The number of rotatable bonds is 5. The van der Waals surface area contributed by atoms with Crippen molar-refractivity contribution in [2.24, 2.45) is 0 Å². The molecular weight excluding hydrogens is 408 g/mol. The molecule has 0 unspecified atom stereocenters. The molecule has 2 aromatic carbocycles. The molecule has 7 heteroatoms. The first-order valence-corrected chi connectivity index (χ1v) is 11.8. The average molecular weight is 435 g/mol. The van der Waals surface area contributed by atoms with Crippen LogP contribution < -0.4 is 10.0 Å². The van der Waals surface area contributed by atoms with Crippen LogP contribution >= 0.6 is 11.6 Å². The largest absolute Gasteiger partial charge is 0.349 e. The van der Waals surface area contributed by atoms with Crippen LogP contribution in [-0.4, -0.2) is 20.4 Å². The number of amides is 1. The number of benzene rings is 2. The zero-order valence-corrected chi connectivity index (χ0v) is 18.4. The molecule has 2 N–H and O–H groups in total. The minimum Gasteiger partial charge on any atom is -0.349 e. The van der Waals surface area contributed by atoms with Crippen molar-refractivity contribution in [3.8, 4) is 0 Å². The van der Waals surface area contributed by atoms with Crippen molar-refractivity contribution in [2.45, 2.75) is 63.3 Å². The second-order valence-corrected chi connectivity index (χ2v) is 9.79. The van der Waals surface area contributed by atoms with Crippen LogP contribution in [0.5, 0.6) is 0 Å². The first-order chi connectivity index (χ1) is 13.8. The lowest BCUT2D eigenvalue weighted by Crippen LogP contribution is -2.34. The van der Waals surface area contributed by atoms with Gasteiger partial charge in [-0.2, -0.15) is 0 Å². The Morgan fingerprint density at radius 2 is 1.69 bits per heavy atom. The number of carbonyl (C=O) groups excluding carboxylic acids is 1. The Labute approximate surface area is 177 Å². The number of hydrogen-bond acceptors (Lipinski definition) is 3. The van der Waals surface area contributed by atoms with E-state index in [4.69, 9.17) is 11.6 Å². The smallest absolute Gasteiger partial charge is 0.263 e. The molecule has 0 atom stereocenters. The van der Waals surface area contributed by atoms with Crippen molar-refractivity contribution < 1.29 is 13.2 Å². The van der Waals surface area contributed by atoms with Crippen LogP contribution in [0.4, 0.5) is 5.69 Å². The van der Waals surface area contributed by atoms with Crippen LogP contribution in [0.3, 0.4) is 0 Å². The van der Waals surface area contributed by atoms with Crippen molar-refractivity contribution in [1.29, 1.82) is 0 Å². The van der Waals surface area contributed by atoms with Crippen LogP contribution in [-0.2, 0) is 10.0 Å².